The lowest BCUT2D eigenvalue weighted by Gasteiger charge is -2.21. The highest BCUT2D eigenvalue weighted by Crippen LogP contribution is 2.18. The van der Waals surface area contributed by atoms with Crippen LogP contribution in [0, 0.1) is 5.92 Å². The summed E-state index contributed by atoms with van der Waals surface area (Å²) in [7, 11) is 1.83. The quantitative estimate of drug-likeness (QED) is 0.642. The number of fused-ring (bicyclic) bond motifs is 1. The lowest BCUT2D eigenvalue weighted by Crippen LogP contribution is -2.47. The molecule has 1 fully saturated rings. The molecule has 3 rings (SSSR count). The smallest absolute Gasteiger partial charge is 0.191 e. The fraction of sp³-hybridized carbons (Fsp3) is 0.579. The highest BCUT2D eigenvalue weighted by Gasteiger charge is 2.31. The second-order valence-electron chi connectivity index (χ2n) is 7.22. The number of nitrogens with one attached hydrogen (secondary N) is 2. The number of hydrogen-bond acceptors (Lipinski definition) is 3. The van der Waals surface area contributed by atoms with Gasteiger partial charge in [0.15, 0.2) is 5.96 Å². The maximum Gasteiger partial charge on any atom is 0.191 e. The molecule has 0 saturated carbocycles. The standard InChI is InChI=1S/C19H30N6/c1-14(2)25-11-15(3)17(13-25)23-19(20-4)21-9-8-16-12-24-10-6-5-7-18(24)22-16/h5-7,10,12,14-15,17H,8-9,11,13H2,1-4H3,(H2,20,21,23). The van der Waals surface area contributed by atoms with Gasteiger partial charge in [-0.15, -0.1) is 0 Å². The Hall–Kier alpha value is -2.08. The van der Waals surface area contributed by atoms with Crippen molar-refractivity contribution in [2.45, 2.75) is 39.3 Å². The summed E-state index contributed by atoms with van der Waals surface area (Å²) in [5, 5.41) is 7.01. The minimum Gasteiger partial charge on any atom is -0.356 e. The lowest BCUT2D eigenvalue weighted by molar-refractivity contribution is 0.265. The molecule has 0 amide bonds. The second-order valence-corrected chi connectivity index (χ2v) is 7.22. The van der Waals surface area contributed by atoms with Crippen LogP contribution in [0.3, 0.4) is 0 Å². The van der Waals surface area contributed by atoms with E-state index in [0.29, 0.717) is 18.0 Å². The summed E-state index contributed by atoms with van der Waals surface area (Å²) >= 11 is 0. The molecule has 0 bridgehead atoms. The molecule has 0 radical (unpaired) electrons. The van der Waals surface area contributed by atoms with E-state index in [1.54, 1.807) is 0 Å². The van der Waals surface area contributed by atoms with Crippen LogP contribution in [-0.2, 0) is 6.42 Å². The molecular formula is C19H30N6. The normalized spacial score (nSPS) is 22.0. The van der Waals surface area contributed by atoms with Crippen LogP contribution >= 0.6 is 0 Å². The molecule has 2 unspecified atom stereocenters. The number of pyridine rings is 1. The minimum atomic E-state index is 0.448. The highest BCUT2D eigenvalue weighted by molar-refractivity contribution is 5.80. The molecule has 0 aliphatic carbocycles. The molecule has 3 heterocycles. The van der Waals surface area contributed by atoms with E-state index < -0.39 is 0 Å². The number of nitrogens with zero attached hydrogens (tertiary/aromatic N) is 4. The number of rotatable bonds is 5. The molecular weight excluding hydrogens is 312 g/mol. The van der Waals surface area contributed by atoms with Crippen LogP contribution in [0.25, 0.3) is 5.65 Å². The fourth-order valence-electron chi connectivity index (χ4n) is 3.40. The van der Waals surface area contributed by atoms with Gasteiger partial charge in [-0.3, -0.25) is 9.89 Å². The van der Waals surface area contributed by atoms with E-state index in [2.05, 4.69) is 56.9 Å². The monoisotopic (exact) mass is 342 g/mol. The molecule has 6 heteroatoms. The Morgan fingerprint density at radius 1 is 1.36 bits per heavy atom. The third-order valence-electron chi connectivity index (χ3n) is 5.00. The largest absolute Gasteiger partial charge is 0.356 e. The number of aromatic nitrogens is 2. The van der Waals surface area contributed by atoms with Crippen molar-refractivity contribution in [2.75, 3.05) is 26.7 Å². The molecule has 1 aliphatic rings. The van der Waals surface area contributed by atoms with Crippen LogP contribution in [0.5, 0.6) is 0 Å². The molecule has 1 aliphatic heterocycles. The Labute approximate surface area is 150 Å². The first-order valence-electron chi connectivity index (χ1n) is 9.20. The van der Waals surface area contributed by atoms with Gasteiger partial charge < -0.3 is 15.0 Å². The molecule has 0 spiro atoms. The van der Waals surface area contributed by atoms with Crippen molar-refractivity contribution in [3.05, 3.63) is 36.3 Å². The maximum absolute atomic E-state index is 4.64. The summed E-state index contributed by atoms with van der Waals surface area (Å²) in [6.45, 7) is 9.87. The van der Waals surface area contributed by atoms with Gasteiger partial charge in [0.05, 0.1) is 5.69 Å². The average molecular weight is 342 g/mol. The Balaban J connectivity index is 1.49. The van der Waals surface area contributed by atoms with Gasteiger partial charge in [0, 0.05) is 57.6 Å². The van der Waals surface area contributed by atoms with Gasteiger partial charge in [0.1, 0.15) is 5.65 Å². The van der Waals surface area contributed by atoms with E-state index in [1.807, 2.05) is 31.4 Å². The zero-order valence-corrected chi connectivity index (χ0v) is 15.7. The summed E-state index contributed by atoms with van der Waals surface area (Å²) in [4.78, 5) is 11.5. The summed E-state index contributed by atoms with van der Waals surface area (Å²) in [5.41, 5.74) is 2.09. The van der Waals surface area contributed by atoms with Crippen molar-refractivity contribution in [2.24, 2.45) is 10.9 Å². The van der Waals surface area contributed by atoms with E-state index in [-0.39, 0.29) is 0 Å². The van der Waals surface area contributed by atoms with E-state index in [4.69, 9.17) is 0 Å². The lowest BCUT2D eigenvalue weighted by atomic mass is 10.1. The van der Waals surface area contributed by atoms with Crippen LogP contribution in [0.2, 0.25) is 0 Å². The summed E-state index contributed by atoms with van der Waals surface area (Å²) in [6, 6.07) is 7.10. The maximum atomic E-state index is 4.64. The zero-order chi connectivity index (χ0) is 17.8. The van der Waals surface area contributed by atoms with E-state index in [0.717, 1.165) is 43.4 Å². The molecule has 0 aromatic carbocycles. The molecule has 1 saturated heterocycles. The second kappa shape index (κ2) is 7.87. The van der Waals surface area contributed by atoms with Gasteiger partial charge in [0.2, 0.25) is 0 Å². The third-order valence-corrected chi connectivity index (χ3v) is 5.00. The van der Waals surface area contributed by atoms with Gasteiger partial charge in [-0.05, 0) is 31.9 Å². The first-order chi connectivity index (χ1) is 12.1. The Morgan fingerprint density at radius 3 is 2.88 bits per heavy atom. The van der Waals surface area contributed by atoms with E-state index in [1.165, 1.54) is 0 Å². The van der Waals surface area contributed by atoms with Crippen LogP contribution in [0.1, 0.15) is 26.5 Å². The first-order valence-corrected chi connectivity index (χ1v) is 9.20. The van der Waals surface area contributed by atoms with Crippen LogP contribution in [-0.4, -0.2) is 59.0 Å². The van der Waals surface area contributed by atoms with Gasteiger partial charge in [-0.25, -0.2) is 4.98 Å². The zero-order valence-electron chi connectivity index (χ0n) is 15.7. The Bertz CT molecular complexity index is 687. The van der Waals surface area contributed by atoms with E-state index >= 15 is 0 Å². The number of imidazole rings is 1. The number of aliphatic imine (C=N–C) groups is 1. The molecule has 6 nitrogen and oxygen atoms in total. The van der Waals surface area contributed by atoms with Gasteiger partial charge in [-0.2, -0.15) is 0 Å². The Kier molecular flexibility index (Phi) is 5.58. The fourth-order valence-corrected chi connectivity index (χ4v) is 3.40. The van der Waals surface area contributed by atoms with Crippen LogP contribution < -0.4 is 10.6 Å². The predicted octanol–water partition coefficient (Wildman–Crippen LogP) is 1.77. The Morgan fingerprint density at radius 2 is 2.20 bits per heavy atom. The average Bonchev–Trinajstić information content (AvgIpc) is 3.17. The molecule has 25 heavy (non-hydrogen) atoms. The third kappa shape index (κ3) is 4.31. The SMILES string of the molecule is CN=C(NCCc1cn2ccccc2n1)NC1CN(C(C)C)CC1C. The van der Waals surface area contributed by atoms with Crippen molar-refractivity contribution in [3.63, 3.8) is 0 Å². The number of hydrogen-bond donors (Lipinski definition) is 2. The summed E-state index contributed by atoms with van der Waals surface area (Å²) in [5.74, 6) is 1.51. The van der Waals surface area contributed by atoms with Crippen molar-refractivity contribution >= 4 is 11.6 Å². The van der Waals surface area contributed by atoms with Crippen molar-refractivity contribution in [3.8, 4) is 0 Å². The van der Waals surface area contributed by atoms with Gasteiger partial charge in [0.25, 0.3) is 0 Å². The van der Waals surface area contributed by atoms with Gasteiger partial charge in [-0.1, -0.05) is 13.0 Å². The molecule has 136 valence electrons. The van der Waals surface area contributed by atoms with Crippen molar-refractivity contribution < 1.29 is 0 Å². The van der Waals surface area contributed by atoms with E-state index in [9.17, 15) is 0 Å². The predicted molar refractivity (Wildman–Crippen MR) is 103 cm³/mol. The summed E-state index contributed by atoms with van der Waals surface area (Å²) < 4.78 is 2.06. The van der Waals surface area contributed by atoms with Gasteiger partial charge >= 0.3 is 0 Å². The number of likely N-dealkylation sites (tertiary alicyclic amines) is 1. The first kappa shape index (κ1) is 17.7. The minimum absolute atomic E-state index is 0.448. The highest BCUT2D eigenvalue weighted by atomic mass is 15.3. The molecule has 2 aromatic heterocycles. The number of guanidine groups is 1. The summed E-state index contributed by atoms with van der Waals surface area (Å²) in [6.07, 6.45) is 5.00. The molecule has 2 aromatic rings. The molecule has 2 atom stereocenters. The van der Waals surface area contributed by atoms with Crippen LogP contribution in [0.4, 0.5) is 0 Å². The van der Waals surface area contributed by atoms with Crippen molar-refractivity contribution in [1.82, 2.24) is 24.9 Å². The van der Waals surface area contributed by atoms with Crippen LogP contribution in [0.15, 0.2) is 35.6 Å². The topological polar surface area (TPSA) is 57.0 Å². The molecule has 2 N–H and O–H groups in total. The van der Waals surface area contributed by atoms with Crippen molar-refractivity contribution in [1.29, 1.82) is 0 Å².